The van der Waals surface area contributed by atoms with Crippen LogP contribution in [-0.4, -0.2) is 5.21 Å². The van der Waals surface area contributed by atoms with E-state index >= 15 is 0 Å². The molecule has 0 atom stereocenters. The topological polar surface area (TPSA) is 37.2 Å². The van der Waals surface area contributed by atoms with E-state index in [2.05, 4.69) is 0 Å². The van der Waals surface area contributed by atoms with Crippen LogP contribution >= 0.6 is 0 Å². The highest BCUT2D eigenvalue weighted by Gasteiger charge is 2.24. The highest BCUT2D eigenvalue weighted by Crippen LogP contribution is 2.18. The minimum atomic E-state index is 0.473. The van der Waals surface area contributed by atoms with Crippen LogP contribution in [-0.2, 0) is 0 Å². The molecule has 1 N–H and O–H groups in total. The molecule has 3 nitrogen and oxygen atoms in total. The number of nitrogens with zero attached hydrogens (tertiary/aromatic N) is 1. The zero-order chi connectivity index (χ0) is 14.1. The molecule has 2 rings (SSSR count). The average Bonchev–Trinajstić information content (AvgIpc) is 2.72. The average molecular weight is 250 g/mol. The second-order valence-corrected chi connectivity index (χ2v) is 3.23. The normalized spacial score (nSPS) is 8.78. The molecule has 0 bridgehead atoms. The first kappa shape index (κ1) is 16.2. The van der Waals surface area contributed by atoms with Crippen LogP contribution in [0, 0.1) is 13.8 Å². The fourth-order valence-corrected chi connectivity index (χ4v) is 1.33. The number of rotatable bonds is 1. The lowest BCUT2D eigenvalue weighted by atomic mass is 10.2. The fourth-order valence-electron chi connectivity index (χ4n) is 1.33. The fraction of sp³-hybridized carbons (Fsp3) is 0.400. The van der Waals surface area contributed by atoms with Gasteiger partial charge in [0, 0.05) is 13.8 Å². The first-order chi connectivity index (χ1) is 8.70. The molecule has 0 radical (unpaired) electrons. The number of aryl methyl sites for hydroxylation is 1. The Morgan fingerprint density at radius 3 is 1.83 bits per heavy atom. The largest absolute Gasteiger partial charge is 0.429 e. The van der Waals surface area contributed by atoms with E-state index in [1.54, 1.807) is 0 Å². The third-order valence-electron chi connectivity index (χ3n) is 2.29. The second-order valence-electron chi connectivity index (χ2n) is 3.23. The van der Waals surface area contributed by atoms with Crippen molar-refractivity contribution in [2.45, 2.75) is 41.5 Å². The third kappa shape index (κ3) is 3.62. The third-order valence-corrected chi connectivity index (χ3v) is 2.29. The molecular formula is C15H24NO2+. The van der Waals surface area contributed by atoms with Crippen molar-refractivity contribution in [1.29, 1.82) is 0 Å². The monoisotopic (exact) mass is 250 g/mol. The molecular weight excluding hydrogens is 226 g/mol. The van der Waals surface area contributed by atoms with E-state index in [1.165, 1.54) is 0 Å². The lowest BCUT2D eigenvalue weighted by Gasteiger charge is -1.88. The zero-order valence-corrected chi connectivity index (χ0v) is 12.2. The Kier molecular flexibility index (Phi) is 7.52. The number of oxazole rings is 1. The maximum Gasteiger partial charge on any atom is 0.429 e. The first-order valence-corrected chi connectivity index (χ1v) is 6.47. The molecule has 0 spiro atoms. The summed E-state index contributed by atoms with van der Waals surface area (Å²) < 4.78 is 6.52. The standard InChI is InChI=1S/C11H12NO2.2C2H6/c1-8-9(2)14-11(12(8)13)10-6-4-3-5-7-10;2*1-2/h3-7,13H,1-2H3;2*1-2H3/q+1;;. The van der Waals surface area contributed by atoms with Crippen LogP contribution in [0.5, 0.6) is 0 Å². The summed E-state index contributed by atoms with van der Waals surface area (Å²) in [6.45, 7) is 11.6. The molecule has 0 saturated carbocycles. The van der Waals surface area contributed by atoms with Gasteiger partial charge in [-0.05, 0) is 12.1 Å². The highest BCUT2D eigenvalue weighted by atomic mass is 16.5. The van der Waals surface area contributed by atoms with Crippen molar-refractivity contribution in [3.63, 3.8) is 0 Å². The molecule has 100 valence electrons. The smallest absolute Gasteiger partial charge is 0.400 e. The maximum atomic E-state index is 9.69. The van der Waals surface area contributed by atoms with Gasteiger partial charge in [0.15, 0.2) is 5.76 Å². The summed E-state index contributed by atoms with van der Waals surface area (Å²) in [4.78, 5) is 0. The van der Waals surface area contributed by atoms with Crippen LogP contribution in [0.25, 0.3) is 11.5 Å². The van der Waals surface area contributed by atoms with Gasteiger partial charge >= 0.3 is 5.89 Å². The number of hydrogen-bond acceptors (Lipinski definition) is 2. The van der Waals surface area contributed by atoms with E-state index in [-0.39, 0.29) is 0 Å². The van der Waals surface area contributed by atoms with Gasteiger partial charge in [-0.2, -0.15) is 0 Å². The molecule has 0 unspecified atom stereocenters. The molecule has 1 aromatic carbocycles. The number of benzene rings is 1. The van der Waals surface area contributed by atoms with Crippen molar-refractivity contribution in [3.05, 3.63) is 41.8 Å². The maximum absolute atomic E-state index is 9.69. The lowest BCUT2D eigenvalue weighted by molar-refractivity contribution is -0.901. The molecule has 3 heteroatoms. The molecule has 1 aromatic heterocycles. The Labute approximate surface area is 110 Å². The van der Waals surface area contributed by atoms with E-state index in [0.717, 1.165) is 21.7 Å². The highest BCUT2D eigenvalue weighted by molar-refractivity contribution is 5.49. The molecule has 0 fully saturated rings. The molecule has 1 heterocycles. The SMILES string of the molecule is CC.CC.Cc1oc(-c2ccccc2)[n+](O)c1C. The van der Waals surface area contributed by atoms with Crippen LogP contribution in [0.1, 0.15) is 39.1 Å². The van der Waals surface area contributed by atoms with Crippen molar-refractivity contribution < 1.29 is 14.4 Å². The van der Waals surface area contributed by atoms with E-state index in [1.807, 2.05) is 71.9 Å². The summed E-state index contributed by atoms with van der Waals surface area (Å²) in [5.41, 5.74) is 1.59. The predicted molar refractivity (Wildman–Crippen MR) is 73.7 cm³/mol. The molecule has 0 aliphatic carbocycles. The van der Waals surface area contributed by atoms with Crippen molar-refractivity contribution in [1.82, 2.24) is 0 Å². The molecule has 0 aliphatic heterocycles. The summed E-state index contributed by atoms with van der Waals surface area (Å²) in [7, 11) is 0. The Morgan fingerprint density at radius 1 is 0.944 bits per heavy atom. The van der Waals surface area contributed by atoms with E-state index < -0.39 is 0 Å². The van der Waals surface area contributed by atoms with Crippen LogP contribution in [0.2, 0.25) is 0 Å². The molecule has 2 aromatic rings. The van der Waals surface area contributed by atoms with Crippen molar-refractivity contribution in [3.8, 4) is 11.5 Å². The first-order valence-electron chi connectivity index (χ1n) is 6.47. The Bertz CT molecular complexity index is 447. The summed E-state index contributed by atoms with van der Waals surface area (Å²) in [5.74, 6) is 1.20. The van der Waals surface area contributed by atoms with Gasteiger partial charge < -0.3 is 4.42 Å². The van der Waals surface area contributed by atoms with Gasteiger partial charge in [-0.3, -0.25) is 5.21 Å². The Hall–Kier alpha value is -1.77. The molecule has 0 aliphatic rings. The van der Waals surface area contributed by atoms with Crippen molar-refractivity contribution in [2.24, 2.45) is 0 Å². The van der Waals surface area contributed by atoms with Gasteiger partial charge in [0.25, 0.3) is 5.69 Å². The predicted octanol–water partition coefficient (Wildman–Crippen LogP) is 4.14. The summed E-state index contributed by atoms with van der Waals surface area (Å²) in [6, 6.07) is 9.52. The summed E-state index contributed by atoms with van der Waals surface area (Å²) in [6.07, 6.45) is 0. The molecule has 0 amide bonds. The van der Waals surface area contributed by atoms with Crippen LogP contribution in [0.15, 0.2) is 34.7 Å². The van der Waals surface area contributed by atoms with Crippen LogP contribution in [0.4, 0.5) is 0 Å². The lowest BCUT2D eigenvalue weighted by Crippen LogP contribution is -2.33. The van der Waals surface area contributed by atoms with E-state index in [4.69, 9.17) is 4.42 Å². The van der Waals surface area contributed by atoms with Crippen molar-refractivity contribution in [2.75, 3.05) is 0 Å². The minimum Gasteiger partial charge on any atom is -0.400 e. The minimum absolute atomic E-state index is 0.473. The van der Waals surface area contributed by atoms with Gasteiger partial charge in [0.05, 0.1) is 10.3 Å². The van der Waals surface area contributed by atoms with Gasteiger partial charge in [-0.1, -0.05) is 45.9 Å². The second kappa shape index (κ2) is 8.34. The number of hydrogen-bond donors (Lipinski definition) is 1. The molecule has 18 heavy (non-hydrogen) atoms. The van der Waals surface area contributed by atoms with Crippen LogP contribution < -0.4 is 4.73 Å². The van der Waals surface area contributed by atoms with Gasteiger partial charge in [-0.25, -0.2) is 0 Å². The number of aromatic nitrogens is 1. The van der Waals surface area contributed by atoms with E-state index in [0.29, 0.717) is 5.89 Å². The van der Waals surface area contributed by atoms with Crippen LogP contribution in [0.3, 0.4) is 0 Å². The van der Waals surface area contributed by atoms with E-state index in [9.17, 15) is 5.21 Å². The van der Waals surface area contributed by atoms with Crippen molar-refractivity contribution >= 4 is 0 Å². The Morgan fingerprint density at radius 2 is 1.44 bits per heavy atom. The molecule has 0 saturated heterocycles. The zero-order valence-electron chi connectivity index (χ0n) is 12.2. The van der Waals surface area contributed by atoms with Gasteiger partial charge in [0.1, 0.15) is 0 Å². The quantitative estimate of drug-likeness (QED) is 0.610. The van der Waals surface area contributed by atoms with Gasteiger partial charge in [-0.15, -0.1) is 0 Å². The van der Waals surface area contributed by atoms with Gasteiger partial charge in [0.2, 0.25) is 0 Å². The summed E-state index contributed by atoms with van der Waals surface area (Å²) in [5, 5.41) is 9.69. The Balaban J connectivity index is 0.000000659. The summed E-state index contributed by atoms with van der Waals surface area (Å²) >= 11 is 0.